The molecule has 0 saturated carbocycles. The minimum Gasteiger partial charge on any atom is -0.478 e. The lowest BCUT2D eigenvalue weighted by Gasteiger charge is -2.09. The predicted octanol–water partition coefficient (Wildman–Crippen LogP) is 1.53. The van der Waals surface area contributed by atoms with Crippen molar-refractivity contribution in [2.24, 2.45) is 0 Å². The molecule has 6 nitrogen and oxygen atoms in total. The van der Waals surface area contributed by atoms with Crippen LogP contribution in [0.3, 0.4) is 0 Å². The molecule has 1 aromatic heterocycles. The smallest absolute Gasteiger partial charge is 0.341 e. The Hall–Kier alpha value is -1.22. The molecule has 0 bridgehead atoms. The first-order valence-electron chi connectivity index (χ1n) is 5.22. The molecular formula is C9H9ClF2N2O4S. The molecule has 1 N–H and O–H groups in total. The lowest BCUT2D eigenvalue weighted by molar-refractivity contribution is 0.0684. The van der Waals surface area contributed by atoms with Gasteiger partial charge in [-0.1, -0.05) is 11.6 Å². The van der Waals surface area contributed by atoms with Crippen molar-refractivity contribution in [3.63, 3.8) is 0 Å². The zero-order valence-corrected chi connectivity index (χ0v) is 11.0. The fourth-order valence-corrected chi connectivity index (χ4v) is 4.04. The standard InChI is InChI=1S/C9H9ClF2N2O4S/c10-7-5(9(15)16)6(8(11)12)13-14(7)4-1-2-19(17,18)3-4/h4,8H,1-3H2,(H,15,16). The quantitative estimate of drug-likeness (QED) is 0.914. The Bertz CT molecular complexity index is 628. The molecule has 0 amide bonds. The van der Waals surface area contributed by atoms with Crippen molar-refractivity contribution in [3.05, 3.63) is 16.4 Å². The maximum absolute atomic E-state index is 12.7. The first-order chi connectivity index (χ1) is 8.73. The van der Waals surface area contributed by atoms with E-state index in [4.69, 9.17) is 16.7 Å². The van der Waals surface area contributed by atoms with Gasteiger partial charge in [0.05, 0.1) is 17.5 Å². The van der Waals surface area contributed by atoms with Crippen LogP contribution in [0.1, 0.15) is 34.9 Å². The van der Waals surface area contributed by atoms with Crippen molar-refractivity contribution in [2.75, 3.05) is 11.5 Å². The average molecular weight is 315 g/mol. The first-order valence-corrected chi connectivity index (χ1v) is 7.42. The summed E-state index contributed by atoms with van der Waals surface area (Å²) in [6, 6.07) is -0.705. The Morgan fingerprint density at radius 2 is 2.16 bits per heavy atom. The highest BCUT2D eigenvalue weighted by Gasteiger charge is 2.35. The zero-order valence-electron chi connectivity index (χ0n) is 9.38. The normalized spacial score (nSPS) is 22.0. The van der Waals surface area contributed by atoms with Crippen molar-refractivity contribution in [2.45, 2.75) is 18.9 Å². The lowest BCUT2D eigenvalue weighted by atomic mass is 10.2. The van der Waals surface area contributed by atoms with Crippen LogP contribution in [0, 0.1) is 0 Å². The maximum atomic E-state index is 12.7. The van der Waals surface area contributed by atoms with Crippen molar-refractivity contribution in [1.82, 2.24) is 9.78 Å². The molecule has 1 unspecified atom stereocenters. The van der Waals surface area contributed by atoms with Gasteiger partial charge in [-0.05, 0) is 6.42 Å². The van der Waals surface area contributed by atoms with E-state index in [1.165, 1.54) is 0 Å². The number of hydrogen-bond donors (Lipinski definition) is 1. The van der Waals surface area contributed by atoms with Crippen LogP contribution >= 0.6 is 11.6 Å². The van der Waals surface area contributed by atoms with Crippen LogP contribution < -0.4 is 0 Å². The molecule has 106 valence electrons. The Kier molecular flexibility index (Phi) is 3.52. The van der Waals surface area contributed by atoms with Crippen LogP contribution in [0.2, 0.25) is 5.15 Å². The van der Waals surface area contributed by atoms with Crippen molar-refractivity contribution in [1.29, 1.82) is 0 Å². The lowest BCUT2D eigenvalue weighted by Crippen LogP contribution is -2.13. The highest BCUT2D eigenvalue weighted by Crippen LogP contribution is 2.33. The number of aromatic nitrogens is 2. The molecule has 1 aliphatic heterocycles. The Morgan fingerprint density at radius 3 is 2.53 bits per heavy atom. The number of carbonyl (C=O) groups is 1. The van der Waals surface area contributed by atoms with Crippen molar-refractivity contribution < 1.29 is 27.1 Å². The molecule has 1 fully saturated rings. The molecule has 0 aromatic carbocycles. The third-order valence-corrected chi connectivity index (χ3v) is 4.97. The minimum atomic E-state index is -3.26. The molecule has 1 aromatic rings. The summed E-state index contributed by atoms with van der Waals surface area (Å²) in [5.74, 6) is -2.00. The summed E-state index contributed by atoms with van der Waals surface area (Å²) in [5, 5.41) is 11.9. The maximum Gasteiger partial charge on any atom is 0.341 e. The van der Waals surface area contributed by atoms with E-state index in [-0.39, 0.29) is 17.9 Å². The van der Waals surface area contributed by atoms with Gasteiger partial charge in [0.2, 0.25) is 0 Å². The van der Waals surface area contributed by atoms with E-state index in [1.54, 1.807) is 0 Å². The van der Waals surface area contributed by atoms with E-state index in [9.17, 15) is 22.0 Å². The van der Waals surface area contributed by atoms with Crippen LogP contribution in [0.5, 0.6) is 0 Å². The van der Waals surface area contributed by atoms with Crippen molar-refractivity contribution in [3.8, 4) is 0 Å². The second-order valence-electron chi connectivity index (χ2n) is 4.16. The van der Waals surface area contributed by atoms with E-state index >= 15 is 0 Å². The first kappa shape index (κ1) is 14.2. The third-order valence-electron chi connectivity index (χ3n) is 2.85. The minimum absolute atomic E-state index is 0.0970. The number of aromatic carboxylic acids is 1. The van der Waals surface area contributed by atoms with Gasteiger partial charge in [-0.2, -0.15) is 5.10 Å². The van der Waals surface area contributed by atoms with Gasteiger partial charge < -0.3 is 5.11 Å². The van der Waals surface area contributed by atoms with Gasteiger partial charge in [-0.3, -0.25) is 0 Å². The topological polar surface area (TPSA) is 89.3 Å². The van der Waals surface area contributed by atoms with Gasteiger partial charge in [-0.15, -0.1) is 0 Å². The fraction of sp³-hybridized carbons (Fsp3) is 0.556. The number of carboxylic acid groups (broad SMARTS) is 1. The van der Waals surface area contributed by atoms with Crippen LogP contribution in [-0.2, 0) is 9.84 Å². The van der Waals surface area contributed by atoms with Gasteiger partial charge in [-0.25, -0.2) is 26.7 Å². The van der Waals surface area contributed by atoms with E-state index in [2.05, 4.69) is 5.10 Å². The SMILES string of the molecule is O=C(O)c1c(C(F)F)nn(C2CCS(=O)(=O)C2)c1Cl. The molecule has 0 radical (unpaired) electrons. The highest BCUT2D eigenvalue weighted by atomic mass is 35.5. The summed E-state index contributed by atoms with van der Waals surface area (Å²) >= 11 is 5.73. The van der Waals surface area contributed by atoms with Gasteiger partial charge in [0.25, 0.3) is 6.43 Å². The third kappa shape index (κ3) is 2.57. The molecule has 1 saturated heterocycles. The average Bonchev–Trinajstić information content (AvgIpc) is 2.78. The monoisotopic (exact) mass is 314 g/mol. The second kappa shape index (κ2) is 4.71. The summed E-state index contributed by atoms with van der Waals surface area (Å²) in [4.78, 5) is 10.9. The molecule has 2 rings (SSSR count). The molecule has 19 heavy (non-hydrogen) atoms. The van der Waals surface area contributed by atoms with Crippen LogP contribution in [0.15, 0.2) is 0 Å². The number of alkyl halides is 2. The predicted molar refractivity (Wildman–Crippen MR) is 61.5 cm³/mol. The molecule has 0 aliphatic carbocycles. The fourth-order valence-electron chi connectivity index (χ4n) is 1.99. The summed E-state index contributed by atoms with van der Waals surface area (Å²) in [5.41, 5.74) is -1.72. The Balaban J connectivity index is 2.48. The van der Waals surface area contributed by atoms with Gasteiger partial charge in [0, 0.05) is 0 Å². The zero-order chi connectivity index (χ0) is 14.4. The molecule has 1 aliphatic rings. The van der Waals surface area contributed by atoms with Crippen LogP contribution in [0.25, 0.3) is 0 Å². The van der Waals surface area contributed by atoms with Gasteiger partial charge in [0.1, 0.15) is 16.4 Å². The summed E-state index contributed by atoms with van der Waals surface area (Å²) in [6.45, 7) is 0. The summed E-state index contributed by atoms with van der Waals surface area (Å²) < 4.78 is 49.0. The largest absolute Gasteiger partial charge is 0.478 e. The number of nitrogens with zero attached hydrogens (tertiary/aromatic N) is 2. The molecule has 2 heterocycles. The van der Waals surface area contributed by atoms with E-state index in [1.807, 2.05) is 0 Å². The summed E-state index contributed by atoms with van der Waals surface area (Å²) in [7, 11) is -3.26. The Morgan fingerprint density at radius 1 is 1.53 bits per heavy atom. The number of hydrogen-bond acceptors (Lipinski definition) is 4. The number of rotatable bonds is 3. The number of halogens is 3. The van der Waals surface area contributed by atoms with E-state index in [0.717, 1.165) is 4.68 Å². The molecule has 0 spiro atoms. The Labute approximate surface area is 111 Å². The van der Waals surface area contributed by atoms with Gasteiger partial charge in [0.15, 0.2) is 9.84 Å². The van der Waals surface area contributed by atoms with Gasteiger partial charge >= 0.3 is 5.97 Å². The molecular weight excluding hydrogens is 306 g/mol. The summed E-state index contributed by atoms with van der Waals surface area (Å²) in [6.07, 6.45) is -2.92. The second-order valence-corrected chi connectivity index (χ2v) is 6.75. The van der Waals surface area contributed by atoms with Crippen LogP contribution in [-0.4, -0.2) is 40.8 Å². The number of carboxylic acids is 1. The number of sulfone groups is 1. The van der Waals surface area contributed by atoms with E-state index < -0.39 is 44.7 Å². The van der Waals surface area contributed by atoms with Crippen molar-refractivity contribution >= 4 is 27.4 Å². The molecule has 10 heteroatoms. The van der Waals surface area contributed by atoms with Crippen LogP contribution in [0.4, 0.5) is 8.78 Å². The van der Waals surface area contributed by atoms with E-state index in [0.29, 0.717) is 0 Å². The highest BCUT2D eigenvalue weighted by molar-refractivity contribution is 7.91. The molecule has 1 atom stereocenters.